The van der Waals surface area contributed by atoms with Gasteiger partial charge in [0.05, 0.1) is 12.8 Å². The molecule has 1 aliphatic heterocycles. The van der Waals surface area contributed by atoms with E-state index in [9.17, 15) is 14.0 Å². The van der Waals surface area contributed by atoms with Crippen LogP contribution in [0.1, 0.15) is 60.0 Å². The minimum Gasteiger partial charge on any atom is -0.461 e. The molecule has 1 aliphatic rings. The predicted octanol–water partition coefficient (Wildman–Crippen LogP) is 7.81. The van der Waals surface area contributed by atoms with Crippen molar-refractivity contribution in [1.29, 1.82) is 0 Å². The number of carbonyl (C=O) groups excluding carboxylic acids is 2. The molecule has 0 amide bonds. The Bertz CT molecular complexity index is 1890. The third kappa shape index (κ3) is 7.06. The van der Waals surface area contributed by atoms with Crippen LogP contribution in [-0.2, 0) is 17.8 Å². The zero-order valence-electron chi connectivity index (χ0n) is 26.2. The summed E-state index contributed by atoms with van der Waals surface area (Å²) in [7, 11) is 0. The number of H-pyrrole nitrogens is 1. The number of nitrogens with zero attached hydrogens (tertiary/aromatic N) is 4. The second-order valence-electron chi connectivity index (χ2n) is 12.6. The van der Waals surface area contributed by atoms with Gasteiger partial charge >= 0.3 is 5.97 Å². The van der Waals surface area contributed by atoms with Gasteiger partial charge in [-0.3, -0.25) is 14.4 Å². The molecule has 0 radical (unpaired) electrons. The van der Waals surface area contributed by atoms with Gasteiger partial charge < -0.3 is 9.72 Å². The zero-order chi connectivity index (χ0) is 32.4. The maximum atomic E-state index is 14.2. The molecular formula is C36H37ClFN5O3. The van der Waals surface area contributed by atoms with Gasteiger partial charge in [-0.15, -0.1) is 5.10 Å². The van der Waals surface area contributed by atoms with Gasteiger partial charge in [-0.25, -0.2) is 9.18 Å². The number of esters is 1. The van der Waals surface area contributed by atoms with E-state index in [1.54, 1.807) is 13.0 Å². The van der Waals surface area contributed by atoms with E-state index in [0.29, 0.717) is 45.2 Å². The van der Waals surface area contributed by atoms with E-state index < -0.39 is 11.8 Å². The third-order valence-corrected chi connectivity index (χ3v) is 8.79. The highest BCUT2D eigenvalue weighted by atomic mass is 35.5. The van der Waals surface area contributed by atoms with Crippen molar-refractivity contribution in [3.63, 3.8) is 0 Å². The van der Waals surface area contributed by atoms with Crippen molar-refractivity contribution in [2.24, 2.45) is 11.8 Å². The van der Waals surface area contributed by atoms with E-state index in [-0.39, 0.29) is 24.0 Å². The van der Waals surface area contributed by atoms with Crippen LogP contribution < -0.4 is 0 Å². The normalized spacial score (nSPS) is 14.3. The first kappa shape index (κ1) is 31.6. The number of rotatable bonds is 10. The maximum Gasteiger partial charge on any atom is 0.355 e. The molecule has 8 nitrogen and oxygen atoms in total. The molecule has 238 valence electrons. The van der Waals surface area contributed by atoms with Crippen molar-refractivity contribution < 1.29 is 18.7 Å². The lowest BCUT2D eigenvalue weighted by Crippen LogP contribution is -2.34. The molecule has 0 saturated carbocycles. The molecule has 0 aliphatic carbocycles. The molecular weight excluding hydrogens is 605 g/mol. The summed E-state index contributed by atoms with van der Waals surface area (Å²) in [4.78, 5) is 30.3. The van der Waals surface area contributed by atoms with E-state index in [1.807, 2.05) is 61.1 Å². The minimum atomic E-state index is -0.500. The highest BCUT2D eigenvalue weighted by molar-refractivity contribution is 6.33. The van der Waals surface area contributed by atoms with Crippen molar-refractivity contribution in [2.75, 3.05) is 19.7 Å². The Morgan fingerprint density at radius 1 is 1.09 bits per heavy atom. The van der Waals surface area contributed by atoms with Crippen LogP contribution >= 0.6 is 11.6 Å². The van der Waals surface area contributed by atoms with Crippen molar-refractivity contribution in [3.8, 4) is 22.4 Å². The quantitative estimate of drug-likeness (QED) is 0.123. The average Bonchev–Trinajstić information content (AvgIpc) is 3.65. The number of aromatic amines is 1. The van der Waals surface area contributed by atoms with Crippen LogP contribution in [0, 0.1) is 17.7 Å². The van der Waals surface area contributed by atoms with Crippen molar-refractivity contribution in [3.05, 3.63) is 94.5 Å². The highest BCUT2D eigenvalue weighted by Gasteiger charge is 2.25. The number of hydrogen-bond acceptors (Lipinski definition) is 6. The van der Waals surface area contributed by atoms with Crippen LogP contribution in [0.25, 0.3) is 33.3 Å². The molecule has 1 N–H and O–H groups in total. The smallest absolute Gasteiger partial charge is 0.355 e. The first-order chi connectivity index (χ1) is 22.1. The summed E-state index contributed by atoms with van der Waals surface area (Å²) in [5.41, 5.74) is 5.54. The van der Waals surface area contributed by atoms with Gasteiger partial charge in [0.1, 0.15) is 17.2 Å². The number of likely N-dealkylation sites (tertiary alicyclic amines) is 1. The van der Waals surface area contributed by atoms with E-state index in [4.69, 9.17) is 16.3 Å². The van der Waals surface area contributed by atoms with E-state index in [0.717, 1.165) is 49.2 Å². The first-order valence-electron chi connectivity index (χ1n) is 15.7. The van der Waals surface area contributed by atoms with Gasteiger partial charge in [0, 0.05) is 45.7 Å². The Kier molecular flexibility index (Phi) is 9.33. The summed E-state index contributed by atoms with van der Waals surface area (Å²) in [6.07, 6.45) is 3.84. The van der Waals surface area contributed by atoms with Gasteiger partial charge in [-0.05, 0) is 86.1 Å². The average molecular weight is 642 g/mol. The lowest BCUT2D eigenvalue weighted by atomic mass is 9.96. The molecule has 0 bridgehead atoms. The number of fused-ring (bicyclic) bond motifs is 1. The van der Waals surface area contributed by atoms with Crippen LogP contribution in [0.4, 0.5) is 4.39 Å². The van der Waals surface area contributed by atoms with Crippen molar-refractivity contribution in [2.45, 2.75) is 46.7 Å². The summed E-state index contributed by atoms with van der Waals surface area (Å²) < 4.78 is 21.5. The van der Waals surface area contributed by atoms with Gasteiger partial charge in [0.25, 0.3) is 0 Å². The number of ketones is 1. The van der Waals surface area contributed by atoms with Gasteiger partial charge in [-0.2, -0.15) is 0 Å². The first-order valence-corrected chi connectivity index (χ1v) is 16.0. The Morgan fingerprint density at radius 3 is 2.63 bits per heavy atom. The molecule has 3 aromatic carbocycles. The van der Waals surface area contributed by atoms with Gasteiger partial charge in [-0.1, -0.05) is 61.0 Å². The van der Waals surface area contributed by atoms with Crippen molar-refractivity contribution in [1.82, 2.24) is 24.9 Å². The molecule has 6 rings (SSSR count). The molecule has 0 atom stereocenters. The molecule has 46 heavy (non-hydrogen) atoms. The number of halogens is 2. The second kappa shape index (κ2) is 13.6. The second-order valence-corrected chi connectivity index (χ2v) is 13.0. The summed E-state index contributed by atoms with van der Waals surface area (Å²) in [5, 5.41) is 10.00. The van der Waals surface area contributed by atoms with E-state index in [2.05, 4.69) is 26.3 Å². The Labute approximate surface area is 272 Å². The van der Waals surface area contributed by atoms with Crippen molar-refractivity contribution >= 4 is 34.3 Å². The molecule has 2 aromatic heterocycles. The minimum absolute atomic E-state index is 0.0291. The fraction of sp³-hybridized carbons (Fsp3) is 0.333. The third-order valence-electron chi connectivity index (χ3n) is 8.48. The highest BCUT2D eigenvalue weighted by Crippen LogP contribution is 2.33. The lowest BCUT2D eigenvalue weighted by Gasteiger charge is -2.32. The maximum absolute atomic E-state index is 14.2. The fourth-order valence-corrected chi connectivity index (χ4v) is 6.36. The molecule has 0 unspecified atom stereocenters. The predicted molar refractivity (Wildman–Crippen MR) is 177 cm³/mol. The number of ether oxygens (including phenoxy) is 1. The van der Waals surface area contributed by atoms with Crippen LogP contribution in [0.5, 0.6) is 0 Å². The molecule has 1 fully saturated rings. The van der Waals surface area contributed by atoms with Crippen LogP contribution in [0.2, 0.25) is 5.02 Å². The number of Topliss-reactive ketones (excluding diaryl/α,β-unsaturated/α-hetero) is 1. The van der Waals surface area contributed by atoms with E-state index >= 15 is 0 Å². The summed E-state index contributed by atoms with van der Waals surface area (Å²) in [6.45, 7) is 9.18. The summed E-state index contributed by atoms with van der Waals surface area (Å²) in [6, 6.07) is 18.1. The lowest BCUT2D eigenvalue weighted by molar-refractivity contribution is 0.0454. The molecule has 5 aromatic rings. The van der Waals surface area contributed by atoms with Gasteiger partial charge in [0.15, 0.2) is 5.78 Å². The van der Waals surface area contributed by atoms with Crippen LogP contribution in [0.3, 0.4) is 0 Å². The fourth-order valence-electron chi connectivity index (χ4n) is 6.05. The molecule has 10 heteroatoms. The number of hydrogen-bond donors (Lipinski definition) is 1. The summed E-state index contributed by atoms with van der Waals surface area (Å²) in [5.74, 6) is -0.266. The molecule has 3 heterocycles. The van der Waals surface area contributed by atoms with Crippen LogP contribution in [0.15, 0.2) is 66.9 Å². The van der Waals surface area contributed by atoms with Crippen LogP contribution in [-0.4, -0.2) is 56.3 Å². The molecule has 1 saturated heterocycles. The Balaban J connectivity index is 1.09. The SMILES string of the molecule is CC(=O)c1cccc(-c2ccc(CN3CCC(Cn4cc(-c5c(C(=O)OCC(C)C)[nH]c6ccc(F)cc56)nn4)CC3)cc2Cl)c1. The monoisotopic (exact) mass is 641 g/mol. The Hall–Kier alpha value is -4.34. The van der Waals surface area contributed by atoms with E-state index in [1.165, 1.54) is 12.1 Å². The topological polar surface area (TPSA) is 93.1 Å². The Morgan fingerprint density at radius 2 is 1.89 bits per heavy atom. The number of aromatic nitrogens is 4. The molecule has 0 spiro atoms. The number of benzene rings is 3. The largest absolute Gasteiger partial charge is 0.461 e. The standard InChI is InChI=1S/C36H37ClFN5O3/c1-22(2)21-46-36(45)35-34(30-17-28(38)8-10-32(30)39-35)33-20-43(41-40-33)19-24-11-13-42(14-12-24)18-25-7-9-29(31(37)15-25)27-6-4-5-26(16-27)23(3)44/h4-10,15-17,20,22,24,39H,11-14,18-19,21H2,1-3H3. The number of piperidine rings is 1. The zero-order valence-corrected chi connectivity index (χ0v) is 27.0. The van der Waals surface area contributed by atoms with Gasteiger partial charge in [0.2, 0.25) is 0 Å². The number of nitrogens with one attached hydrogen (secondary N) is 1. The summed E-state index contributed by atoms with van der Waals surface area (Å²) >= 11 is 6.70. The number of carbonyl (C=O) groups is 2.